The number of rotatable bonds is 5. The Morgan fingerprint density at radius 2 is 2.06 bits per heavy atom. The van der Waals surface area contributed by atoms with E-state index in [1.807, 2.05) is 25.2 Å². The number of carbonyl (C=O) groups is 2. The minimum Gasteiger partial charge on any atom is -0.507 e. The van der Waals surface area contributed by atoms with Gasteiger partial charge in [0, 0.05) is 49.3 Å². The second kappa shape index (κ2) is 10.2. The number of aromatic nitrogens is 1. The average Bonchev–Trinajstić information content (AvgIpc) is 3.39. The van der Waals surface area contributed by atoms with E-state index in [4.69, 9.17) is 0 Å². The third kappa shape index (κ3) is 5.17. The molecule has 3 rings (SSSR count). The van der Waals surface area contributed by atoms with Crippen molar-refractivity contribution < 1.29 is 14.7 Å². The van der Waals surface area contributed by atoms with Gasteiger partial charge < -0.3 is 19.9 Å². The Balaban J connectivity index is 1.98. The zero-order valence-corrected chi connectivity index (χ0v) is 19.5. The lowest BCUT2D eigenvalue weighted by Gasteiger charge is -2.18. The van der Waals surface area contributed by atoms with Gasteiger partial charge in [0.2, 0.25) is 0 Å². The number of amides is 2. The zero-order valence-electron chi connectivity index (χ0n) is 19.5. The summed E-state index contributed by atoms with van der Waals surface area (Å²) in [5, 5.41) is 10.5. The van der Waals surface area contributed by atoms with Crippen molar-refractivity contribution in [3.05, 3.63) is 101 Å². The molecule has 6 heteroatoms. The van der Waals surface area contributed by atoms with Crippen molar-refractivity contribution in [3.8, 4) is 0 Å². The molecule has 1 aromatic rings. The standard InChI is InChI=1S/C27H31N3O3/c1-6-19(26(32)29(4)5)15-21-16-23(28-22(21)7-2)27(33)30-14-13-20-12-10-8-9-11-18(3)25(31)17-24(20)30/h6,8-11,15-17,28,31H,1,3,7,12-14H2,2,4-5H3/b10-8-,11-9-,19-15+,25-17+. The van der Waals surface area contributed by atoms with Crippen LogP contribution in [0.4, 0.5) is 0 Å². The monoisotopic (exact) mass is 445 g/mol. The number of aliphatic hydroxyl groups excluding tert-OH is 1. The molecule has 0 spiro atoms. The number of hydrogen-bond acceptors (Lipinski definition) is 3. The van der Waals surface area contributed by atoms with Gasteiger partial charge in [-0.05, 0) is 42.5 Å². The summed E-state index contributed by atoms with van der Waals surface area (Å²) in [6.07, 6.45) is 14.5. The highest BCUT2D eigenvalue weighted by atomic mass is 16.3. The van der Waals surface area contributed by atoms with Gasteiger partial charge in [-0.25, -0.2) is 0 Å². The summed E-state index contributed by atoms with van der Waals surface area (Å²) in [4.78, 5) is 32.3. The van der Waals surface area contributed by atoms with Crippen LogP contribution in [0.15, 0.2) is 83.9 Å². The Bertz CT molecular complexity index is 1140. The first kappa shape index (κ1) is 23.9. The van der Waals surface area contributed by atoms with Crippen molar-refractivity contribution in [2.24, 2.45) is 0 Å². The van der Waals surface area contributed by atoms with E-state index in [1.165, 1.54) is 11.0 Å². The highest BCUT2D eigenvalue weighted by Crippen LogP contribution is 2.31. The normalized spacial score (nSPS) is 20.1. The zero-order chi connectivity index (χ0) is 24.1. The van der Waals surface area contributed by atoms with E-state index in [-0.39, 0.29) is 17.6 Å². The average molecular weight is 446 g/mol. The second-order valence-corrected chi connectivity index (χ2v) is 8.22. The van der Waals surface area contributed by atoms with Gasteiger partial charge >= 0.3 is 0 Å². The smallest absolute Gasteiger partial charge is 0.274 e. The fraction of sp³-hybridized carbons (Fsp3) is 0.259. The Morgan fingerprint density at radius 3 is 2.73 bits per heavy atom. The molecule has 0 aromatic carbocycles. The molecule has 0 bridgehead atoms. The fourth-order valence-electron chi connectivity index (χ4n) is 3.88. The van der Waals surface area contributed by atoms with E-state index < -0.39 is 0 Å². The van der Waals surface area contributed by atoms with E-state index in [1.54, 1.807) is 43.3 Å². The molecule has 2 N–H and O–H groups in total. The second-order valence-electron chi connectivity index (χ2n) is 8.22. The molecule has 0 atom stereocenters. The topological polar surface area (TPSA) is 76.6 Å². The quantitative estimate of drug-likeness (QED) is 0.503. The molecule has 6 nitrogen and oxygen atoms in total. The number of aryl methyl sites for hydroxylation is 1. The fourth-order valence-corrected chi connectivity index (χ4v) is 3.88. The van der Waals surface area contributed by atoms with Crippen LogP contribution in [0.2, 0.25) is 0 Å². The molecule has 2 amide bonds. The summed E-state index contributed by atoms with van der Waals surface area (Å²) in [5.41, 5.74) is 4.81. The number of aromatic amines is 1. The molecule has 172 valence electrons. The van der Waals surface area contributed by atoms with Crippen LogP contribution in [0.1, 0.15) is 41.5 Å². The number of nitrogens with zero attached hydrogens (tertiary/aromatic N) is 2. The van der Waals surface area contributed by atoms with Crippen LogP contribution in [0.3, 0.4) is 0 Å². The van der Waals surface area contributed by atoms with Gasteiger partial charge in [-0.2, -0.15) is 0 Å². The van der Waals surface area contributed by atoms with Crippen LogP contribution in [-0.2, 0) is 11.2 Å². The van der Waals surface area contributed by atoms with Crippen LogP contribution >= 0.6 is 0 Å². The first-order valence-corrected chi connectivity index (χ1v) is 11.0. The molecule has 0 saturated carbocycles. The predicted molar refractivity (Wildman–Crippen MR) is 132 cm³/mol. The summed E-state index contributed by atoms with van der Waals surface area (Å²) in [5.74, 6) is -0.296. The van der Waals surface area contributed by atoms with Crippen molar-refractivity contribution >= 4 is 17.9 Å². The third-order valence-electron chi connectivity index (χ3n) is 5.75. The molecule has 0 radical (unpaired) electrons. The van der Waals surface area contributed by atoms with Crippen LogP contribution in [0, 0.1) is 0 Å². The van der Waals surface area contributed by atoms with Gasteiger partial charge in [0.1, 0.15) is 11.5 Å². The maximum absolute atomic E-state index is 13.5. The van der Waals surface area contributed by atoms with Crippen molar-refractivity contribution in [3.63, 3.8) is 0 Å². The van der Waals surface area contributed by atoms with E-state index in [2.05, 4.69) is 18.1 Å². The lowest BCUT2D eigenvalue weighted by molar-refractivity contribution is -0.124. The number of H-pyrrole nitrogens is 1. The molecular formula is C27H31N3O3. The van der Waals surface area contributed by atoms with Crippen LogP contribution in [0.25, 0.3) is 6.08 Å². The molecule has 0 unspecified atom stereocenters. The maximum atomic E-state index is 13.5. The summed E-state index contributed by atoms with van der Waals surface area (Å²) in [7, 11) is 3.37. The van der Waals surface area contributed by atoms with Crippen molar-refractivity contribution in [2.45, 2.75) is 26.2 Å². The highest BCUT2D eigenvalue weighted by Gasteiger charge is 2.28. The number of hydrogen-bond donors (Lipinski definition) is 2. The Hall–Kier alpha value is -3.80. The van der Waals surface area contributed by atoms with Gasteiger partial charge in [-0.3, -0.25) is 9.59 Å². The largest absolute Gasteiger partial charge is 0.507 e. The minimum atomic E-state index is -0.181. The minimum absolute atomic E-state index is 0.0379. The van der Waals surface area contributed by atoms with Crippen LogP contribution in [-0.4, -0.2) is 52.3 Å². The molecule has 2 aliphatic rings. The van der Waals surface area contributed by atoms with Gasteiger partial charge in [0.05, 0.1) is 0 Å². The molecule has 33 heavy (non-hydrogen) atoms. The first-order chi connectivity index (χ1) is 15.8. The number of likely N-dealkylation sites (N-methyl/N-ethyl adjacent to an activating group) is 1. The SMILES string of the molecule is C=C/C(=C\c1cc(C(=O)N2CCC3=C2/C=C(/O)C(=C)/C=C\C=C/C3)[nH]c1CC)C(=O)N(C)C. The Labute approximate surface area is 195 Å². The van der Waals surface area contributed by atoms with E-state index in [9.17, 15) is 14.7 Å². The number of allylic oxidation sites excluding steroid dienone is 5. The lowest BCUT2D eigenvalue weighted by Crippen LogP contribution is -2.28. The summed E-state index contributed by atoms with van der Waals surface area (Å²) in [6, 6.07) is 1.78. The lowest BCUT2D eigenvalue weighted by atomic mass is 10.1. The molecular weight excluding hydrogens is 414 g/mol. The summed E-state index contributed by atoms with van der Waals surface area (Å²) in [6.45, 7) is 10.2. The van der Waals surface area contributed by atoms with Crippen LogP contribution in [0.5, 0.6) is 0 Å². The maximum Gasteiger partial charge on any atom is 0.274 e. The molecule has 1 aliphatic heterocycles. The van der Waals surface area contributed by atoms with E-state index in [0.29, 0.717) is 41.9 Å². The molecule has 1 aliphatic carbocycles. The van der Waals surface area contributed by atoms with E-state index >= 15 is 0 Å². The molecule has 0 saturated heterocycles. The number of carbonyl (C=O) groups excluding carboxylic acids is 2. The molecule has 1 aromatic heterocycles. The van der Waals surface area contributed by atoms with Crippen LogP contribution < -0.4 is 0 Å². The summed E-state index contributed by atoms with van der Waals surface area (Å²) >= 11 is 0. The van der Waals surface area contributed by atoms with Crippen molar-refractivity contribution in [1.82, 2.24) is 14.8 Å². The van der Waals surface area contributed by atoms with Gasteiger partial charge in [0.25, 0.3) is 11.8 Å². The van der Waals surface area contributed by atoms with Crippen molar-refractivity contribution in [1.29, 1.82) is 0 Å². The summed E-state index contributed by atoms with van der Waals surface area (Å²) < 4.78 is 0. The number of aliphatic hydroxyl groups is 1. The Morgan fingerprint density at radius 1 is 1.30 bits per heavy atom. The van der Waals surface area contributed by atoms with Gasteiger partial charge in [0.15, 0.2) is 0 Å². The number of nitrogens with one attached hydrogen (secondary N) is 1. The van der Waals surface area contributed by atoms with Crippen molar-refractivity contribution in [2.75, 3.05) is 20.6 Å². The first-order valence-electron chi connectivity index (χ1n) is 11.0. The molecule has 0 fully saturated rings. The Kier molecular flexibility index (Phi) is 7.38. The third-order valence-corrected chi connectivity index (χ3v) is 5.75. The van der Waals surface area contributed by atoms with Gasteiger partial charge in [-0.15, -0.1) is 0 Å². The van der Waals surface area contributed by atoms with E-state index in [0.717, 1.165) is 23.3 Å². The van der Waals surface area contributed by atoms with Gasteiger partial charge in [-0.1, -0.05) is 50.5 Å². The predicted octanol–water partition coefficient (Wildman–Crippen LogP) is 4.85. The molecule has 2 heterocycles. The highest BCUT2D eigenvalue weighted by molar-refractivity contribution is 6.01.